The zero-order valence-electron chi connectivity index (χ0n) is 22.8. The van der Waals surface area contributed by atoms with Gasteiger partial charge >= 0.3 is 5.97 Å². The van der Waals surface area contributed by atoms with Crippen LogP contribution in [-0.2, 0) is 29.1 Å². The third kappa shape index (κ3) is 11.6. The molecule has 0 bridgehead atoms. The highest BCUT2D eigenvalue weighted by Gasteiger charge is 2.31. The van der Waals surface area contributed by atoms with Crippen LogP contribution in [0.25, 0.3) is 0 Å². The number of amides is 4. The number of nitro groups is 1. The van der Waals surface area contributed by atoms with Gasteiger partial charge in [0.25, 0.3) is 11.6 Å². The Hall–Kier alpha value is -5.39. The summed E-state index contributed by atoms with van der Waals surface area (Å²) in [5, 5.41) is 27.8. The van der Waals surface area contributed by atoms with Gasteiger partial charge in [-0.1, -0.05) is 4.99 Å². The predicted octanol–water partition coefficient (Wildman–Crippen LogP) is -0.987. The standard InChI is InChI=1S/C26H30N6O11/c1-2-3-13-42-43-28-12-5-4-6-19-25(37)29-18(23(27)35)11-14-41-21-9-7-16(32(39)40)15-17(21)24(36)30-20(26(38)31-19)8-10-22(33)34/h1,7,9,15,18-20,28H,4-6,8,10-12,14H2,(H2,27,35)(H,29,37)(H,30,36)(H,31,38)(H,33,34)/t18?,19-,20-/m0/s1. The number of nitrogens with one attached hydrogen (secondary N) is 4. The number of aliphatic carboxylic acids is 1. The number of hydrogen-bond acceptors (Lipinski definition) is 11. The van der Waals surface area contributed by atoms with E-state index in [1.165, 1.54) is 0 Å². The number of nitrogens with zero attached hydrogens (tertiary/aromatic N) is 1. The van der Waals surface area contributed by atoms with Crippen molar-refractivity contribution < 1.29 is 48.6 Å². The van der Waals surface area contributed by atoms with Crippen LogP contribution in [0, 0.1) is 34.5 Å². The molecule has 17 heteroatoms. The zero-order chi connectivity index (χ0) is 31.8. The summed E-state index contributed by atoms with van der Waals surface area (Å²) in [7, 11) is 0. The number of benzene rings is 1. The summed E-state index contributed by atoms with van der Waals surface area (Å²) < 4.78 is 5.59. The molecule has 0 fully saturated rings. The monoisotopic (exact) mass is 602 g/mol. The van der Waals surface area contributed by atoms with Gasteiger partial charge in [0.1, 0.15) is 23.9 Å². The molecule has 1 aromatic carbocycles. The highest BCUT2D eigenvalue weighted by Crippen LogP contribution is 2.25. The minimum Gasteiger partial charge on any atom is -0.493 e. The molecule has 0 saturated carbocycles. The number of rotatable bonds is 12. The van der Waals surface area contributed by atoms with E-state index in [4.69, 9.17) is 22.0 Å². The Morgan fingerprint density at radius 1 is 1.16 bits per heavy atom. The lowest BCUT2D eigenvalue weighted by Crippen LogP contribution is -2.56. The number of unbranched alkanes of at least 4 members (excludes halogenated alkanes) is 1. The van der Waals surface area contributed by atoms with Crippen LogP contribution in [0.1, 0.15) is 48.9 Å². The number of nitro benzene ring substituents is 1. The number of carbonyl (C=O) groups is 5. The van der Waals surface area contributed by atoms with Gasteiger partial charge in [0.15, 0.2) is 6.11 Å². The van der Waals surface area contributed by atoms with Crippen molar-refractivity contribution in [2.45, 2.75) is 56.7 Å². The summed E-state index contributed by atoms with van der Waals surface area (Å²) >= 11 is 0. The summed E-state index contributed by atoms with van der Waals surface area (Å²) in [5.41, 5.74) is 7.15. The minimum atomic E-state index is -1.46. The van der Waals surface area contributed by atoms with E-state index < -0.39 is 64.8 Å². The molecule has 7 N–H and O–H groups in total. The molecule has 1 aliphatic rings. The van der Waals surface area contributed by atoms with Crippen molar-refractivity contribution in [3.05, 3.63) is 33.9 Å². The fraction of sp³-hybridized carbons (Fsp3) is 0.423. The van der Waals surface area contributed by atoms with Gasteiger partial charge in [0.2, 0.25) is 17.7 Å². The third-order valence-corrected chi connectivity index (χ3v) is 5.93. The fourth-order valence-corrected chi connectivity index (χ4v) is 3.78. The first kappa shape index (κ1) is 33.8. The average Bonchev–Trinajstić information content (AvgIpc) is 2.96. The van der Waals surface area contributed by atoms with Crippen molar-refractivity contribution in [1.29, 1.82) is 0 Å². The van der Waals surface area contributed by atoms with Crippen LogP contribution >= 0.6 is 0 Å². The maximum atomic E-state index is 13.3. The summed E-state index contributed by atoms with van der Waals surface area (Å²) in [6.07, 6.45) is 6.75. The zero-order valence-corrected chi connectivity index (χ0v) is 22.8. The summed E-state index contributed by atoms with van der Waals surface area (Å²) in [4.78, 5) is 82.5. The van der Waals surface area contributed by atoms with Gasteiger partial charge < -0.3 is 31.5 Å². The van der Waals surface area contributed by atoms with Crippen molar-refractivity contribution in [2.24, 2.45) is 5.73 Å². The minimum absolute atomic E-state index is 0.0492. The SMILES string of the molecule is C#CC#COONCCCC[C@@H]1NC(=O)[C@H](CCC(=O)O)NC(=O)c2cc([N+](=O)[O-])ccc2OCCC(C(N)=O)NC1=O. The van der Waals surface area contributed by atoms with E-state index in [0.717, 1.165) is 18.2 Å². The number of hydroxylamine groups is 1. The number of ether oxygens (including phenoxy) is 1. The molecular formula is C26H30N6O11. The Morgan fingerprint density at radius 3 is 2.56 bits per heavy atom. The molecule has 1 aromatic rings. The van der Waals surface area contributed by atoms with Gasteiger partial charge in [-0.3, -0.25) is 39.0 Å². The molecule has 43 heavy (non-hydrogen) atoms. The number of fused-ring (bicyclic) bond motifs is 1. The first-order chi connectivity index (χ1) is 20.5. The van der Waals surface area contributed by atoms with E-state index in [-0.39, 0.29) is 43.7 Å². The molecule has 1 heterocycles. The molecular weight excluding hydrogens is 572 g/mol. The number of primary amides is 1. The van der Waals surface area contributed by atoms with Crippen molar-refractivity contribution in [2.75, 3.05) is 13.2 Å². The van der Waals surface area contributed by atoms with Crippen LogP contribution < -0.4 is 31.9 Å². The van der Waals surface area contributed by atoms with Crippen molar-refractivity contribution in [3.63, 3.8) is 0 Å². The second kappa shape index (κ2) is 17.4. The molecule has 0 aromatic heterocycles. The number of carbonyl (C=O) groups excluding carboxylic acids is 4. The lowest BCUT2D eigenvalue weighted by molar-refractivity contribution is -0.384. The van der Waals surface area contributed by atoms with Crippen LogP contribution in [0.3, 0.4) is 0 Å². The lowest BCUT2D eigenvalue weighted by Gasteiger charge is -2.26. The molecule has 4 amide bonds. The second-order valence-corrected chi connectivity index (χ2v) is 8.99. The van der Waals surface area contributed by atoms with Gasteiger partial charge in [-0.05, 0) is 37.7 Å². The summed E-state index contributed by atoms with van der Waals surface area (Å²) in [5.74, 6) is -0.723. The van der Waals surface area contributed by atoms with Gasteiger partial charge in [0.05, 0.1) is 17.1 Å². The molecule has 3 atom stereocenters. The molecule has 0 saturated heterocycles. The quantitative estimate of drug-likeness (QED) is 0.0555. The smallest absolute Gasteiger partial charge is 0.303 e. The Bertz CT molecular complexity index is 1320. The maximum Gasteiger partial charge on any atom is 0.303 e. The van der Waals surface area contributed by atoms with Gasteiger partial charge in [0, 0.05) is 37.4 Å². The number of terminal acetylenes is 1. The first-order valence-corrected chi connectivity index (χ1v) is 12.9. The molecule has 0 radical (unpaired) electrons. The normalized spacial score (nSPS) is 18.9. The summed E-state index contributed by atoms with van der Waals surface area (Å²) in [6.45, 7) is 0.00894. The fourth-order valence-electron chi connectivity index (χ4n) is 3.78. The van der Waals surface area contributed by atoms with Crippen molar-refractivity contribution >= 4 is 35.3 Å². The largest absolute Gasteiger partial charge is 0.493 e. The third-order valence-electron chi connectivity index (χ3n) is 5.93. The van der Waals surface area contributed by atoms with Crippen LogP contribution in [-0.4, -0.2) is 70.9 Å². The van der Waals surface area contributed by atoms with Crippen molar-refractivity contribution in [1.82, 2.24) is 21.4 Å². The highest BCUT2D eigenvalue weighted by atomic mass is 17.3. The van der Waals surface area contributed by atoms with Crippen molar-refractivity contribution in [3.8, 4) is 30.1 Å². The van der Waals surface area contributed by atoms with E-state index in [1.807, 2.05) is 5.92 Å². The van der Waals surface area contributed by atoms with Gasteiger partial charge in [-0.25, -0.2) is 0 Å². The molecule has 230 valence electrons. The van der Waals surface area contributed by atoms with E-state index in [1.54, 1.807) is 0 Å². The van der Waals surface area contributed by atoms with Crippen LogP contribution in [0.5, 0.6) is 5.75 Å². The Balaban J connectivity index is 2.30. The van der Waals surface area contributed by atoms with Crippen LogP contribution in [0.15, 0.2) is 18.2 Å². The van der Waals surface area contributed by atoms with E-state index >= 15 is 0 Å². The van der Waals surface area contributed by atoms with E-state index in [0.29, 0.717) is 12.8 Å². The number of carboxylic acids is 1. The molecule has 0 spiro atoms. The van der Waals surface area contributed by atoms with Crippen LogP contribution in [0.4, 0.5) is 5.69 Å². The Labute approximate surface area is 245 Å². The lowest BCUT2D eigenvalue weighted by atomic mass is 10.0. The van der Waals surface area contributed by atoms with E-state index in [2.05, 4.69) is 43.3 Å². The number of hydrogen-bond donors (Lipinski definition) is 6. The van der Waals surface area contributed by atoms with Crippen LogP contribution in [0.2, 0.25) is 0 Å². The molecule has 0 aliphatic carbocycles. The average molecular weight is 603 g/mol. The first-order valence-electron chi connectivity index (χ1n) is 12.9. The topological polar surface area (TPSA) is 251 Å². The number of nitrogens with two attached hydrogens (primary N) is 1. The Kier molecular flexibility index (Phi) is 13.7. The summed E-state index contributed by atoms with van der Waals surface area (Å²) in [6, 6.07) is -0.737. The molecule has 17 nitrogen and oxygen atoms in total. The number of non-ortho nitro benzene ring substituents is 1. The van der Waals surface area contributed by atoms with Gasteiger partial charge in [-0.15, -0.1) is 6.42 Å². The molecule has 1 unspecified atom stereocenters. The molecule has 2 rings (SSSR count). The maximum absolute atomic E-state index is 13.3. The predicted molar refractivity (Wildman–Crippen MR) is 145 cm³/mol. The van der Waals surface area contributed by atoms with Gasteiger partial charge in [-0.2, -0.15) is 5.48 Å². The van der Waals surface area contributed by atoms with E-state index in [9.17, 15) is 34.1 Å². The Morgan fingerprint density at radius 2 is 1.88 bits per heavy atom. The second-order valence-electron chi connectivity index (χ2n) is 8.99. The number of carboxylic acid groups (broad SMARTS) is 1. The highest BCUT2D eigenvalue weighted by molar-refractivity contribution is 6.01. The molecule has 1 aliphatic heterocycles.